The zero-order valence-corrected chi connectivity index (χ0v) is 11.3. The number of hydrogen-bond donors (Lipinski definition) is 0. The van der Waals surface area contributed by atoms with E-state index in [9.17, 15) is 9.59 Å². The zero-order chi connectivity index (χ0) is 12.6. The molecular formula is C11H21O4S+. The first kappa shape index (κ1) is 15.3. The van der Waals surface area contributed by atoms with Gasteiger partial charge >= 0.3 is 11.9 Å². The van der Waals surface area contributed by atoms with Gasteiger partial charge in [0.2, 0.25) is 12.5 Å². The molecule has 94 valence electrons. The molecule has 0 aromatic rings. The maximum absolute atomic E-state index is 11.3. The summed E-state index contributed by atoms with van der Waals surface area (Å²) >= 11 is 0. The average molecular weight is 249 g/mol. The Morgan fingerprint density at radius 2 is 1.69 bits per heavy atom. The maximum atomic E-state index is 11.3. The van der Waals surface area contributed by atoms with E-state index in [4.69, 9.17) is 9.47 Å². The number of carbonyl (C=O) groups excluding carboxylic acids is 2. The van der Waals surface area contributed by atoms with Crippen LogP contribution in [0.3, 0.4) is 0 Å². The summed E-state index contributed by atoms with van der Waals surface area (Å²) < 4.78 is 9.57. The smallest absolute Gasteiger partial charge is 0.359 e. The molecule has 0 amide bonds. The minimum absolute atomic E-state index is 0.0935. The third kappa shape index (κ3) is 6.71. The summed E-state index contributed by atoms with van der Waals surface area (Å²) in [7, 11) is 0.0935. The van der Waals surface area contributed by atoms with E-state index >= 15 is 0 Å². The Hall–Kier alpha value is -0.710. The Morgan fingerprint density at radius 1 is 1.12 bits per heavy atom. The summed E-state index contributed by atoms with van der Waals surface area (Å²) in [6.45, 7) is 7.31. The van der Waals surface area contributed by atoms with Crippen LogP contribution in [-0.4, -0.2) is 36.0 Å². The number of carbonyl (C=O) groups is 2. The van der Waals surface area contributed by atoms with Crippen LogP contribution in [0.1, 0.15) is 27.7 Å². The molecule has 0 aliphatic heterocycles. The lowest BCUT2D eigenvalue weighted by atomic mass is 10.2. The fourth-order valence-corrected chi connectivity index (χ4v) is 2.17. The fraction of sp³-hybridized carbons (Fsp3) is 0.818. The lowest BCUT2D eigenvalue weighted by Gasteiger charge is -2.08. The van der Waals surface area contributed by atoms with Gasteiger partial charge in [-0.2, -0.15) is 0 Å². The molecule has 5 heteroatoms. The average Bonchev–Trinajstić information content (AvgIpc) is 2.25. The van der Waals surface area contributed by atoms with Gasteiger partial charge in [0, 0.05) is 0 Å². The van der Waals surface area contributed by atoms with Gasteiger partial charge in [-0.25, -0.2) is 4.79 Å². The van der Waals surface area contributed by atoms with Crippen molar-refractivity contribution in [2.24, 2.45) is 5.92 Å². The van der Waals surface area contributed by atoms with Crippen molar-refractivity contribution < 1.29 is 19.1 Å². The first-order chi connectivity index (χ1) is 7.51. The molecule has 0 fully saturated rings. The van der Waals surface area contributed by atoms with Crippen molar-refractivity contribution in [3.05, 3.63) is 0 Å². The molecule has 0 rings (SSSR count). The molecule has 16 heavy (non-hydrogen) atoms. The normalized spacial score (nSPS) is 10.6. The molecule has 0 aliphatic carbocycles. The van der Waals surface area contributed by atoms with Gasteiger partial charge in [0.1, 0.15) is 11.5 Å². The third-order valence-electron chi connectivity index (χ3n) is 2.03. The second-order valence-electron chi connectivity index (χ2n) is 3.59. The zero-order valence-electron chi connectivity index (χ0n) is 10.4. The van der Waals surface area contributed by atoms with E-state index in [1.165, 1.54) is 0 Å². The highest BCUT2D eigenvalue weighted by atomic mass is 32.2. The molecule has 0 aromatic carbocycles. The molecule has 0 atom stereocenters. The fourth-order valence-electron chi connectivity index (χ4n) is 0.937. The molecular weight excluding hydrogens is 228 g/mol. The number of ether oxygens (including phenoxy) is 2. The maximum Gasteiger partial charge on any atom is 0.359 e. The van der Waals surface area contributed by atoms with Gasteiger partial charge in [-0.1, -0.05) is 13.8 Å². The van der Waals surface area contributed by atoms with E-state index in [-0.39, 0.29) is 35.5 Å². The van der Waals surface area contributed by atoms with Crippen LogP contribution in [0, 0.1) is 5.92 Å². The standard InChI is InChI=1S/C11H21O4S/c1-5-16(6-2)7-10(12)14-8-15-11(13)9(3)4/h9H,5-8H2,1-4H3/q+1. The van der Waals surface area contributed by atoms with E-state index in [0.29, 0.717) is 5.75 Å². The summed E-state index contributed by atoms with van der Waals surface area (Å²) in [5.41, 5.74) is 0. The van der Waals surface area contributed by atoms with E-state index in [2.05, 4.69) is 13.8 Å². The summed E-state index contributed by atoms with van der Waals surface area (Å²) in [6, 6.07) is 0. The van der Waals surface area contributed by atoms with E-state index in [0.717, 1.165) is 11.5 Å². The highest BCUT2D eigenvalue weighted by Crippen LogP contribution is 1.99. The highest BCUT2D eigenvalue weighted by Gasteiger charge is 2.19. The Bertz CT molecular complexity index is 224. The molecule has 0 saturated heterocycles. The lowest BCUT2D eigenvalue weighted by Crippen LogP contribution is -2.24. The summed E-state index contributed by atoms with van der Waals surface area (Å²) in [4.78, 5) is 22.4. The van der Waals surface area contributed by atoms with Gasteiger partial charge in [-0.05, 0) is 24.7 Å². The van der Waals surface area contributed by atoms with Crippen molar-refractivity contribution >= 4 is 22.8 Å². The van der Waals surface area contributed by atoms with Crippen molar-refractivity contribution in [2.75, 3.05) is 24.1 Å². The minimum Gasteiger partial charge on any atom is -0.428 e. The van der Waals surface area contributed by atoms with Crippen LogP contribution < -0.4 is 0 Å². The minimum atomic E-state index is -0.349. The van der Waals surface area contributed by atoms with Crippen molar-refractivity contribution in [1.82, 2.24) is 0 Å². The van der Waals surface area contributed by atoms with Gasteiger partial charge in [-0.15, -0.1) is 0 Å². The topological polar surface area (TPSA) is 52.6 Å². The SMILES string of the molecule is CC[S+](CC)CC(=O)OCOC(=O)C(C)C. The third-order valence-corrected chi connectivity index (χ3v) is 4.31. The van der Waals surface area contributed by atoms with Crippen LogP contribution in [0.5, 0.6) is 0 Å². The van der Waals surface area contributed by atoms with Crippen LogP contribution in [0.15, 0.2) is 0 Å². The van der Waals surface area contributed by atoms with Crippen LogP contribution in [0.4, 0.5) is 0 Å². The van der Waals surface area contributed by atoms with Gasteiger partial charge < -0.3 is 9.47 Å². The first-order valence-electron chi connectivity index (χ1n) is 5.47. The van der Waals surface area contributed by atoms with Crippen LogP contribution in [0.25, 0.3) is 0 Å². The van der Waals surface area contributed by atoms with E-state index in [1.807, 2.05) is 0 Å². The van der Waals surface area contributed by atoms with E-state index < -0.39 is 0 Å². The largest absolute Gasteiger partial charge is 0.428 e. The Balaban J connectivity index is 3.69. The number of hydrogen-bond acceptors (Lipinski definition) is 4. The summed E-state index contributed by atoms with van der Waals surface area (Å²) in [5.74, 6) is 1.56. The quantitative estimate of drug-likeness (QED) is 0.388. The van der Waals surface area contributed by atoms with Crippen LogP contribution >= 0.6 is 0 Å². The van der Waals surface area contributed by atoms with Gasteiger partial charge in [0.15, 0.2) is 0 Å². The molecule has 0 radical (unpaired) electrons. The molecule has 4 nitrogen and oxygen atoms in total. The molecule has 0 saturated carbocycles. The van der Waals surface area contributed by atoms with Crippen molar-refractivity contribution in [3.8, 4) is 0 Å². The van der Waals surface area contributed by atoms with Crippen molar-refractivity contribution in [3.63, 3.8) is 0 Å². The first-order valence-corrected chi connectivity index (χ1v) is 7.20. The monoisotopic (exact) mass is 249 g/mol. The molecule has 0 aromatic heterocycles. The Morgan fingerprint density at radius 3 is 2.12 bits per heavy atom. The molecule has 0 heterocycles. The van der Waals surface area contributed by atoms with Crippen LogP contribution in [0.2, 0.25) is 0 Å². The van der Waals surface area contributed by atoms with Gasteiger partial charge in [-0.3, -0.25) is 4.79 Å². The Labute approximate surface area is 100 Å². The summed E-state index contributed by atoms with van der Waals surface area (Å²) in [5, 5.41) is 0. The molecule has 0 N–H and O–H groups in total. The highest BCUT2D eigenvalue weighted by molar-refractivity contribution is 7.97. The van der Waals surface area contributed by atoms with Crippen molar-refractivity contribution in [2.45, 2.75) is 27.7 Å². The number of esters is 2. The molecule has 0 bridgehead atoms. The predicted octanol–water partition coefficient (Wildman–Crippen LogP) is 1.34. The second-order valence-corrected chi connectivity index (χ2v) is 6.25. The predicted molar refractivity (Wildman–Crippen MR) is 65.2 cm³/mol. The number of rotatable bonds is 7. The summed E-state index contributed by atoms with van der Waals surface area (Å²) in [6.07, 6.45) is 0. The molecule has 0 spiro atoms. The molecule has 0 aliphatic rings. The van der Waals surface area contributed by atoms with Crippen molar-refractivity contribution in [1.29, 1.82) is 0 Å². The molecule has 0 unspecified atom stereocenters. The van der Waals surface area contributed by atoms with E-state index in [1.54, 1.807) is 13.8 Å². The Kier molecular flexibility index (Phi) is 8.07. The van der Waals surface area contributed by atoms with Gasteiger partial charge in [0.05, 0.1) is 5.92 Å². The van der Waals surface area contributed by atoms with Gasteiger partial charge in [0.25, 0.3) is 0 Å². The second kappa shape index (κ2) is 8.44. The lowest BCUT2D eigenvalue weighted by molar-refractivity contribution is -0.167. The van der Waals surface area contributed by atoms with Crippen LogP contribution in [-0.2, 0) is 30.0 Å².